The molecular formula is C15H23ClN2O2. The normalized spacial score (nSPS) is 17.5. The fraction of sp³-hybridized carbons (Fsp3) is 0.533. The van der Waals surface area contributed by atoms with Crippen LogP contribution in [0.15, 0.2) is 30.3 Å². The van der Waals surface area contributed by atoms with Crippen molar-refractivity contribution in [3.8, 4) is 0 Å². The Labute approximate surface area is 126 Å². The minimum absolute atomic E-state index is 0. The number of aliphatic hydroxyl groups excluding tert-OH is 1. The fourth-order valence-corrected chi connectivity index (χ4v) is 2.29. The number of carbonyl (C=O) groups is 1. The summed E-state index contributed by atoms with van der Waals surface area (Å²) < 4.78 is 0. The second kappa shape index (κ2) is 8.25. The third-order valence-electron chi connectivity index (χ3n) is 3.51. The number of amides is 1. The van der Waals surface area contributed by atoms with Crippen LogP contribution in [0, 0.1) is 5.92 Å². The molecule has 1 aromatic carbocycles. The highest BCUT2D eigenvalue weighted by Crippen LogP contribution is 2.18. The van der Waals surface area contributed by atoms with Crippen LogP contribution in [0.2, 0.25) is 0 Å². The molecule has 0 aliphatic carbocycles. The van der Waals surface area contributed by atoms with E-state index in [-0.39, 0.29) is 24.4 Å². The molecule has 2 unspecified atom stereocenters. The van der Waals surface area contributed by atoms with Gasteiger partial charge in [0.1, 0.15) is 0 Å². The minimum Gasteiger partial charge on any atom is -0.388 e. The first kappa shape index (κ1) is 17.0. The van der Waals surface area contributed by atoms with Crippen LogP contribution in [0.25, 0.3) is 0 Å². The van der Waals surface area contributed by atoms with Crippen molar-refractivity contribution in [3.63, 3.8) is 0 Å². The standard InChI is InChI=1S/C15H22N2O2.ClH/c1-11(17-15(19)8-12-9-16-10-12)7-14(18)13-5-3-2-4-6-13;/h2-6,11-12,14,16,18H,7-10H2,1H3,(H,17,19);1H. The van der Waals surface area contributed by atoms with Gasteiger partial charge < -0.3 is 15.7 Å². The van der Waals surface area contributed by atoms with Crippen molar-refractivity contribution in [2.45, 2.75) is 31.9 Å². The number of rotatable bonds is 6. The van der Waals surface area contributed by atoms with Crippen LogP contribution in [-0.2, 0) is 4.79 Å². The van der Waals surface area contributed by atoms with Crippen LogP contribution in [-0.4, -0.2) is 30.1 Å². The summed E-state index contributed by atoms with van der Waals surface area (Å²) in [5.41, 5.74) is 0.895. The lowest BCUT2D eigenvalue weighted by molar-refractivity contribution is -0.123. The zero-order valence-electron chi connectivity index (χ0n) is 11.7. The van der Waals surface area contributed by atoms with E-state index in [1.807, 2.05) is 37.3 Å². The molecule has 1 amide bonds. The third kappa shape index (κ3) is 5.12. The molecule has 1 saturated heterocycles. The Morgan fingerprint density at radius 2 is 2.05 bits per heavy atom. The zero-order valence-corrected chi connectivity index (χ0v) is 12.5. The van der Waals surface area contributed by atoms with Crippen molar-refractivity contribution in [3.05, 3.63) is 35.9 Å². The second-order valence-corrected chi connectivity index (χ2v) is 5.36. The summed E-state index contributed by atoms with van der Waals surface area (Å²) in [5.74, 6) is 0.561. The van der Waals surface area contributed by atoms with Crippen molar-refractivity contribution in [2.75, 3.05) is 13.1 Å². The number of carbonyl (C=O) groups excluding carboxylic acids is 1. The second-order valence-electron chi connectivity index (χ2n) is 5.36. The molecule has 1 heterocycles. The smallest absolute Gasteiger partial charge is 0.220 e. The van der Waals surface area contributed by atoms with Gasteiger partial charge in [-0.05, 0) is 37.9 Å². The van der Waals surface area contributed by atoms with Gasteiger partial charge in [-0.2, -0.15) is 0 Å². The molecule has 1 aliphatic heterocycles. The minimum atomic E-state index is -0.526. The van der Waals surface area contributed by atoms with Gasteiger partial charge in [0.05, 0.1) is 6.10 Å². The summed E-state index contributed by atoms with van der Waals surface area (Å²) in [4.78, 5) is 11.8. The van der Waals surface area contributed by atoms with Crippen molar-refractivity contribution in [2.24, 2.45) is 5.92 Å². The monoisotopic (exact) mass is 298 g/mol. The predicted molar refractivity (Wildman–Crippen MR) is 81.8 cm³/mol. The van der Waals surface area contributed by atoms with E-state index in [9.17, 15) is 9.90 Å². The van der Waals surface area contributed by atoms with Gasteiger partial charge in [-0.15, -0.1) is 12.4 Å². The van der Waals surface area contributed by atoms with E-state index in [0.717, 1.165) is 18.7 Å². The lowest BCUT2D eigenvalue weighted by Crippen LogP contribution is -2.45. The number of nitrogens with one attached hydrogen (secondary N) is 2. The number of hydrogen-bond donors (Lipinski definition) is 3. The van der Waals surface area contributed by atoms with Crippen LogP contribution in [0.1, 0.15) is 31.4 Å². The van der Waals surface area contributed by atoms with Gasteiger partial charge in [-0.1, -0.05) is 30.3 Å². The molecule has 0 radical (unpaired) electrons. The van der Waals surface area contributed by atoms with E-state index in [2.05, 4.69) is 10.6 Å². The lowest BCUT2D eigenvalue weighted by Gasteiger charge is -2.27. The highest BCUT2D eigenvalue weighted by Gasteiger charge is 2.21. The molecule has 0 saturated carbocycles. The van der Waals surface area contributed by atoms with E-state index in [0.29, 0.717) is 18.8 Å². The molecule has 0 spiro atoms. The van der Waals surface area contributed by atoms with Crippen LogP contribution in [0.3, 0.4) is 0 Å². The van der Waals surface area contributed by atoms with Crippen molar-refractivity contribution >= 4 is 18.3 Å². The molecule has 20 heavy (non-hydrogen) atoms. The van der Waals surface area contributed by atoms with Gasteiger partial charge in [0.2, 0.25) is 5.91 Å². The van der Waals surface area contributed by atoms with Gasteiger partial charge in [0, 0.05) is 12.5 Å². The van der Waals surface area contributed by atoms with E-state index < -0.39 is 6.10 Å². The predicted octanol–water partition coefficient (Wildman–Crippen LogP) is 1.65. The molecule has 1 fully saturated rings. The maximum absolute atomic E-state index is 11.8. The topological polar surface area (TPSA) is 61.4 Å². The van der Waals surface area contributed by atoms with E-state index in [1.165, 1.54) is 0 Å². The van der Waals surface area contributed by atoms with Crippen molar-refractivity contribution in [1.82, 2.24) is 10.6 Å². The maximum Gasteiger partial charge on any atom is 0.220 e. The molecule has 2 rings (SSSR count). The largest absolute Gasteiger partial charge is 0.388 e. The summed E-state index contributed by atoms with van der Waals surface area (Å²) in [5, 5.41) is 16.2. The van der Waals surface area contributed by atoms with Gasteiger partial charge in [-0.25, -0.2) is 0 Å². The fourth-order valence-electron chi connectivity index (χ4n) is 2.29. The first-order chi connectivity index (χ1) is 9.15. The van der Waals surface area contributed by atoms with E-state index >= 15 is 0 Å². The molecule has 1 aliphatic rings. The SMILES string of the molecule is CC(CC(O)c1ccccc1)NC(=O)CC1CNC1.Cl. The van der Waals surface area contributed by atoms with Crippen molar-refractivity contribution < 1.29 is 9.90 Å². The van der Waals surface area contributed by atoms with Gasteiger partial charge in [-0.3, -0.25) is 4.79 Å². The van der Waals surface area contributed by atoms with Crippen LogP contribution < -0.4 is 10.6 Å². The van der Waals surface area contributed by atoms with E-state index in [4.69, 9.17) is 0 Å². The Hall–Kier alpha value is -1.10. The number of hydrogen-bond acceptors (Lipinski definition) is 3. The Balaban J connectivity index is 0.00000200. The van der Waals surface area contributed by atoms with E-state index in [1.54, 1.807) is 0 Å². The molecular weight excluding hydrogens is 276 g/mol. The molecule has 1 aromatic rings. The molecule has 0 aromatic heterocycles. The quantitative estimate of drug-likeness (QED) is 0.748. The lowest BCUT2D eigenvalue weighted by atomic mass is 9.98. The zero-order chi connectivity index (χ0) is 13.7. The molecule has 4 nitrogen and oxygen atoms in total. The average molecular weight is 299 g/mol. The van der Waals surface area contributed by atoms with Crippen LogP contribution in [0.5, 0.6) is 0 Å². The molecule has 2 atom stereocenters. The number of halogens is 1. The van der Waals surface area contributed by atoms with Crippen LogP contribution in [0.4, 0.5) is 0 Å². The molecule has 0 bridgehead atoms. The third-order valence-corrected chi connectivity index (χ3v) is 3.51. The summed E-state index contributed by atoms with van der Waals surface area (Å²) in [6.07, 6.45) is 0.596. The summed E-state index contributed by atoms with van der Waals surface area (Å²) in [7, 11) is 0. The van der Waals surface area contributed by atoms with Gasteiger partial charge >= 0.3 is 0 Å². The van der Waals surface area contributed by atoms with Crippen LogP contribution >= 0.6 is 12.4 Å². The van der Waals surface area contributed by atoms with Crippen molar-refractivity contribution in [1.29, 1.82) is 0 Å². The summed E-state index contributed by atoms with van der Waals surface area (Å²) in [6, 6.07) is 9.53. The van der Waals surface area contributed by atoms with Gasteiger partial charge in [0.25, 0.3) is 0 Å². The average Bonchev–Trinajstić information content (AvgIpc) is 2.35. The van der Waals surface area contributed by atoms with Gasteiger partial charge in [0.15, 0.2) is 0 Å². The molecule has 5 heteroatoms. The Morgan fingerprint density at radius 3 is 2.60 bits per heavy atom. The summed E-state index contributed by atoms with van der Waals surface area (Å²) in [6.45, 7) is 3.81. The molecule has 3 N–H and O–H groups in total. The number of aliphatic hydroxyl groups is 1. The Bertz CT molecular complexity index is 410. The Morgan fingerprint density at radius 1 is 1.40 bits per heavy atom. The number of benzene rings is 1. The Kier molecular flexibility index (Phi) is 6.99. The summed E-state index contributed by atoms with van der Waals surface area (Å²) >= 11 is 0. The maximum atomic E-state index is 11.8. The molecule has 112 valence electrons. The first-order valence-corrected chi connectivity index (χ1v) is 6.88. The highest BCUT2D eigenvalue weighted by atomic mass is 35.5. The highest BCUT2D eigenvalue weighted by molar-refractivity contribution is 5.85. The first-order valence-electron chi connectivity index (χ1n) is 6.88.